The molecule has 3 rings (SSSR count). The monoisotopic (exact) mass is 327 g/mol. The fourth-order valence-corrected chi connectivity index (χ4v) is 2.48. The van der Waals surface area contributed by atoms with E-state index in [0.29, 0.717) is 10.4 Å². The largest absolute Gasteiger partial charge is 0.710 e. The third-order valence-electron chi connectivity index (χ3n) is 3.64. The Hall–Kier alpha value is -3.03. The molecule has 0 bridgehead atoms. The summed E-state index contributed by atoms with van der Waals surface area (Å²) in [5, 5.41) is 16.9. The highest BCUT2D eigenvalue weighted by Gasteiger charge is 2.34. The average molecular weight is 327 g/mol. The van der Waals surface area contributed by atoms with Gasteiger partial charge < -0.3 is 5.21 Å². The van der Waals surface area contributed by atoms with Gasteiger partial charge in [-0.1, -0.05) is 18.2 Å². The van der Waals surface area contributed by atoms with Crippen molar-refractivity contribution in [2.24, 2.45) is 7.05 Å². The van der Waals surface area contributed by atoms with Gasteiger partial charge in [-0.05, 0) is 32.9 Å². The molecule has 2 aliphatic heterocycles. The summed E-state index contributed by atoms with van der Waals surface area (Å²) in [5.74, 6) is 0.134. The van der Waals surface area contributed by atoms with Crippen LogP contribution < -0.4 is 16.0 Å². The maximum Gasteiger partial charge on any atom is 0.357 e. The molecule has 24 heavy (non-hydrogen) atoms. The molecule has 0 saturated carbocycles. The van der Waals surface area contributed by atoms with Crippen LogP contribution in [0, 0.1) is 5.21 Å². The maximum absolute atomic E-state index is 12.9. The molecule has 2 aliphatic rings. The second-order valence-electron chi connectivity index (χ2n) is 6.53. The smallest absolute Gasteiger partial charge is 0.357 e. The molecule has 1 aromatic carbocycles. The standard InChI is InChI=1S/C16H17N5O3/c1-16(2,3)14-18-19(4)12-11(21(14)24)13(22)20(15(23)17-12)10-8-6-5-7-9-10/h5-9H,1-4H3. The number of rotatable bonds is 1. The van der Waals surface area contributed by atoms with Gasteiger partial charge in [0, 0.05) is 0 Å². The van der Waals surface area contributed by atoms with Crippen LogP contribution in [0.3, 0.4) is 0 Å². The minimum Gasteiger partial charge on any atom is -0.710 e. The first kappa shape index (κ1) is 15.9. The van der Waals surface area contributed by atoms with E-state index in [4.69, 9.17) is 0 Å². The third-order valence-corrected chi connectivity index (χ3v) is 3.64. The van der Waals surface area contributed by atoms with Crippen LogP contribution in [-0.2, 0) is 12.5 Å². The van der Waals surface area contributed by atoms with E-state index >= 15 is 0 Å². The summed E-state index contributed by atoms with van der Waals surface area (Å²) >= 11 is 0. The van der Waals surface area contributed by atoms with Crippen molar-refractivity contribution in [2.45, 2.75) is 26.2 Å². The third kappa shape index (κ3) is 2.36. The molecule has 0 atom stereocenters. The molecule has 0 unspecified atom stereocenters. The van der Waals surface area contributed by atoms with Crippen LogP contribution in [-0.4, -0.2) is 19.3 Å². The van der Waals surface area contributed by atoms with Crippen LogP contribution in [0.15, 0.2) is 39.9 Å². The molecule has 0 spiro atoms. The normalized spacial score (nSPS) is 11.8. The van der Waals surface area contributed by atoms with Crippen molar-refractivity contribution in [2.75, 3.05) is 0 Å². The first-order valence-electron chi connectivity index (χ1n) is 7.41. The number of hydrogen-bond acceptors (Lipinski definition) is 5. The van der Waals surface area contributed by atoms with Crippen LogP contribution in [0.1, 0.15) is 26.6 Å². The van der Waals surface area contributed by atoms with E-state index in [-0.39, 0.29) is 17.3 Å². The Bertz CT molecular complexity index is 999. The molecule has 1 aromatic rings. The zero-order chi connectivity index (χ0) is 17.6. The number of aromatic nitrogens is 5. The second kappa shape index (κ2) is 5.26. The molecule has 124 valence electrons. The Morgan fingerprint density at radius 2 is 1.75 bits per heavy atom. The summed E-state index contributed by atoms with van der Waals surface area (Å²) in [4.78, 5) is 29.0. The van der Waals surface area contributed by atoms with Gasteiger partial charge in [-0.3, -0.25) is 4.79 Å². The van der Waals surface area contributed by atoms with E-state index in [0.717, 1.165) is 4.57 Å². The lowest BCUT2D eigenvalue weighted by Crippen LogP contribution is -2.51. The maximum atomic E-state index is 12.9. The lowest BCUT2D eigenvalue weighted by atomic mass is 9.96. The Balaban J connectivity index is 2.49. The van der Waals surface area contributed by atoms with Gasteiger partial charge in [-0.2, -0.15) is 9.67 Å². The van der Waals surface area contributed by atoms with Crippen LogP contribution in [0.5, 0.6) is 0 Å². The van der Waals surface area contributed by atoms with Crippen LogP contribution in [0.2, 0.25) is 0 Å². The van der Waals surface area contributed by atoms with Crippen molar-refractivity contribution in [3.63, 3.8) is 0 Å². The molecule has 0 saturated heterocycles. The average Bonchev–Trinajstić information content (AvgIpc) is 2.50. The summed E-state index contributed by atoms with van der Waals surface area (Å²) in [7, 11) is 1.55. The Kier molecular flexibility index (Phi) is 3.47. The van der Waals surface area contributed by atoms with Crippen molar-refractivity contribution in [3.05, 3.63) is 62.2 Å². The van der Waals surface area contributed by atoms with Crippen molar-refractivity contribution in [3.8, 4) is 17.2 Å². The topological polar surface area (TPSA) is 96.7 Å². The van der Waals surface area contributed by atoms with Gasteiger partial charge in [0.1, 0.15) is 0 Å². The summed E-state index contributed by atoms with van der Waals surface area (Å²) < 4.78 is 2.66. The zero-order valence-corrected chi connectivity index (χ0v) is 13.8. The van der Waals surface area contributed by atoms with Crippen molar-refractivity contribution in [1.29, 1.82) is 0 Å². The van der Waals surface area contributed by atoms with Crippen molar-refractivity contribution >= 4 is 0 Å². The summed E-state index contributed by atoms with van der Waals surface area (Å²) in [6, 6.07) is 8.38. The van der Waals surface area contributed by atoms with Gasteiger partial charge in [0.2, 0.25) is 11.5 Å². The fourth-order valence-electron chi connectivity index (χ4n) is 2.48. The van der Waals surface area contributed by atoms with Gasteiger partial charge >= 0.3 is 17.1 Å². The van der Waals surface area contributed by atoms with Gasteiger partial charge in [0.05, 0.1) is 23.2 Å². The van der Waals surface area contributed by atoms with Gasteiger partial charge in [-0.15, -0.1) is 0 Å². The molecule has 0 N–H and O–H groups in total. The van der Waals surface area contributed by atoms with E-state index in [1.165, 1.54) is 4.68 Å². The number of nitrogens with zero attached hydrogens (tertiary/aromatic N) is 5. The van der Waals surface area contributed by atoms with E-state index in [9.17, 15) is 14.8 Å². The van der Waals surface area contributed by atoms with E-state index in [1.54, 1.807) is 37.4 Å². The van der Waals surface area contributed by atoms with Gasteiger partial charge in [-0.25, -0.2) is 14.1 Å². The molecule has 8 nitrogen and oxygen atoms in total. The van der Waals surface area contributed by atoms with E-state index in [1.807, 2.05) is 20.8 Å². The summed E-state index contributed by atoms with van der Waals surface area (Å²) in [6.07, 6.45) is 0. The van der Waals surface area contributed by atoms with Gasteiger partial charge in [0.15, 0.2) is 0 Å². The molecule has 0 radical (unpaired) electrons. The van der Waals surface area contributed by atoms with Crippen LogP contribution >= 0.6 is 0 Å². The quantitative estimate of drug-likeness (QED) is 0.475. The highest BCUT2D eigenvalue weighted by molar-refractivity contribution is 5.46. The second-order valence-corrected chi connectivity index (χ2v) is 6.53. The lowest BCUT2D eigenvalue weighted by molar-refractivity contribution is -0.613. The lowest BCUT2D eigenvalue weighted by Gasteiger charge is -2.20. The number of aryl methyl sites for hydroxylation is 1. The van der Waals surface area contributed by atoms with E-state index < -0.39 is 16.7 Å². The Labute approximate surface area is 137 Å². The zero-order valence-electron chi connectivity index (χ0n) is 13.8. The molecule has 8 heteroatoms. The highest BCUT2D eigenvalue weighted by atomic mass is 16.5. The molecule has 2 heterocycles. The Morgan fingerprint density at radius 3 is 2.33 bits per heavy atom. The van der Waals surface area contributed by atoms with E-state index in [2.05, 4.69) is 10.1 Å². The number of hydrogen-bond donors (Lipinski definition) is 0. The summed E-state index contributed by atoms with van der Waals surface area (Å²) in [5.41, 5.74) is -1.89. The van der Waals surface area contributed by atoms with Crippen molar-refractivity contribution in [1.82, 2.24) is 19.3 Å². The van der Waals surface area contributed by atoms with Gasteiger partial charge in [0.25, 0.3) is 0 Å². The SMILES string of the molecule is Cn1nc(C(C)(C)C)[n+]([O-])c2c(=O)n(-c3ccccc3)c(=O)nc1-2. The molecule has 0 aromatic heterocycles. The first-order valence-corrected chi connectivity index (χ1v) is 7.41. The molecule has 0 amide bonds. The van der Waals surface area contributed by atoms with Crippen LogP contribution in [0.25, 0.3) is 17.2 Å². The molecule has 0 fully saturated rings. The molecule has 0 aliphatic carbocycles. The minimum absolute atomic E-state index is 0.0415. The number of benzene rings is 1. The molecular formula is C16H17N5O3. The molecular weight excluding hydrogens is 310 g/mol. The van der Waals surface area contributed by atoms with Crippen LogP contribution in [0.4, 0.5) is 0 Å². The minimum atomic E-state index is -0.750. The number of para-hydroxylation sites is 1. The summed E-state index contributed by atoms with van der Waals surface area (Å²) in [6.45, 7) is 5.46. The predicted molar refractivity (Wildman–Crippen MR) is 87.2 cm³/mol. The first-order chi connectivity index (χ1) is 11.2. The number of fused-ring (bicyclic) bond motifs is 1. The van der Waals surface area contributed by atoms with Crippen molar-refractivity contribution < 1.29 is 4.73 Å². The fraction of sp³-hybridized carbons (Fsp3) is 0.312. The Morgan fingerprint density at radius 1 is 1.12 bits per heavy atom. The highest BCUT2D eigenvalue weighted by Crippen LogP contribution is 2.18. The predicted octanol–water partition coefficient (Wildman–Crippen LogP) is 0.362.